The molecule has 0 bridgehead atoms. The SMILES string of the molecule is Cc1c(-c2ccn3c(=O)c(CNC[C@@H]4CCC(=O)N4)cnc3c2)cccc1-c1cccc(-c2ccc3c(c2)C[C@H](NC(=O)C(N)CO)C3)c1Cl. The molecule has 3 atom stereocenters. The fraction of sp³-hybridized carbons (Fsp3) is 0.282. The minimum Gasteiger partial charge on any atom is -0.394 e. The van der Waals surface area contributed by atoms with E-state index in [1.807, 2.05) is 36.4 Å². The number of halogens is 1. The molecule has 0 spiro atoms. The highest BCUT2D eigenvalue weighted by Crippen LogP contribution is 2.41. The van der Waals surface area contributed by atoms with Crippen molar-refractivity contribution in [3.05, 3.63) is 117 Å². The van der Waals surface area contributed by atoms with Gasteiger partial charge in [-0.05, 0) is 77.3 Å². The molecule has 1 fully saturated rings. The van der Waals surface area contributed by atoms with E-state index in [1.165, 1.54) is 5.56 Å². The fourth-order valence-corrected chi connectivity index (χ4v) is 7.43. The van der Waals surface area contributed by atoms with E-state index < -0.39 is 12.6 Å². The molecule has 10 nitrogen and oxygen atoms in total. The molecule has 7 rings (SSSR count). The number of nitrogens with two attached hydrogens (primary N) is 1. The highest BCUT2D eigenvalue weighted by atomic mass is 35.5. The number of aromatic nitrogens is 2. The Balaban J connectivity index is 1.12. The molecule has 0 radical (unpaired) electrons. The maximum atomic E-state index is 13.3. The highest BCUT2D eigenvalue weighted by Gasteiger charge is 2.26. The summed E-state index contributed by atoms with van der Waals surface area (Å²) in [7, 11) is 0. The van der Waals surface area contributed by atoms with E-state index in [-0.39, 0.29) is 29.5 Å². The van der Waals surface area contributed by atoms with Gasteiger partial charge in [0.2, 0.25) is 11.8 Å². The van der Waals surface area contributed by atoms with Crippen molar-refractivity contribution in [1.29, 1.82) is 0 Å². The van der Waals surface area contributed by atoms with Gasteiger partial charge in [-0.2, -0.15) is 0 Å². The average molecular weight is 691 g/mol. The molecule has 1 unspecified atom stereocenters. The predicted molar refractivity (Wildman–Crippen MR) is 195 cm³/mol. The Hall–Kier alpha value is -4.87. The van der Waals surface area contributed by atoms with Crippen molar-refractivity contribution < 1.29 is 14.7 Å². The third-order valence-corrected chi connectivity index (χ3v) is 10.2. The predicted octanol–water partition coefficient (Wildman–Crippen LogP) is 3.93. The number of aliphatic hydroxyl groups is 1. The Morgan fingerprint density at radius 2 is 1.76 bits per heavy atom. The van der Waals surface area contributed by atoms with E-state index in [1.54, 1.807) is 16.8 Å². The molecule has 50 heavy (non-hydrogen) atoms. The largest absolute Gasteiger partial charge is 0.394 e. The van der Waals surface area contributed by atoms with Gasteiger partial charge in [0.15, 0.2) is 0 Å². The van der Waals surface area contributed by atoms with Crippen LogP contribution < -0.4 is 27.2 Å². The molecule has 1 aliphatic carbocycles. The van der Waals surface area contributed by atoms with Crippen LogP contribution in [-0.2, 0) is 29.0 Å². The zero-order valence-corrected chi connectivity index (χ0v) is 28.5. The first-order chi connectivity index (χ1) is 24.2. The van der Waals surface area contributed by atoms with Crippen LogP contribution in [0.25, 0.3) is 39.0 Å². The van der Waals surface area contributed by atoms with Gasteiger partial charge in [0.1, 0.15) is 11.7 Å². The Labute approximate surface area is 294 Å². The van der Waals surface area contributed by atoms with E-state index >= 15 is 0 Å². The Bertz CT molecular complexity index is 2180. The number of rotatable bonds is 10. The molecular formula is C39H39ClN6O4. The van der Waals surface area contributed by atoms with Crippen LogP contribution in [0.5, 0.6) is 0 Å². The van der Waals surface area contributed by atoms with Gasteiger partial charge in [-0.25, -0.2) is 4.98 Å². The Kier molecular flexibility index (Phi) is 9.52. The lowest BCUT2D eigenvalue weighted by Crippen LogP contribution is -2.47. The van der Waals surface area contributed by atoms with Crippen molar-refractivity contribution in [2.45, 2.75) is 57.3 Å². The molecule has 11 heteroatoms. The van der Waals surface area contributed by atoms with Crippen molar-refractivity contribution >= 4 is 29.1 Å². The summed E-state index contributed by atoms with van der Waals surface area (Å²) in [5.41, 5.74) is 15.8. The lowest BCUT2D eigenvalue weighted by Gasteiger charge is -2.16. The normalized spacial score (nSPS) is 17.5. The number of aliphatic hydroxyl groups excluding tert-OH is 1. The number of carbonyl (C=O) groups is 2. The number of benzene rings is 3. The zero-order chi connectivity index (χ0) is 34.9. The van der Waals surface area contributed by atoms with E-state index in [0.717, 1.165) is 50.9 Å². The third-order valence-electron chi connectivity index (χ3n) is 9.84. The summed E-state index contributed by atoms with van der Waals surface area (Å²) in [6, 6.07) is 21.4. The molecule has 3 aromatic carbocycles. The van der Waals surface area contributed by atoms with Crippen molar-refractivity contribution in [2.24, 2.45) is 5.73 Å². The number of carbonyl (C=O) groups excluding carboxylic acids is 2. The molecule has 6 N–H and O–H groups in total. The third kappa shape index (κ3) is 6.67. The number of nitrogens with one attached hydrogen (secondary N) is 3. The molecule has 256 valence electrons. The van der Waals surface area contributed by atoms with Crippen molar-refractivity contribution in [2.75, 3.05) is 13.2 Å². The van der Waals surface area contributed by atoms with Crippen molar-refractivity contribution in [3.63, 3.8) is 0 Å². The van der Waals surface area contributed by atoms with Crippen LogP contribution in [-0.4, -0.2) is 57.6 Å². The van der Waals surface area contributed by atoms with Crippen LogP contribution in [0.2, 0.25) is 5.02 Å². The van der Waals surface area contributed by atoms with Gasteiger partial charge < -0.3 is 26.8 Å². The number of hydrogen-bond donors (Lipinski definition) is 5. The molecule has 2 amide bonds. The molecule has 5 aromatic rings. The highest BCUT2D eigenvalue weighted by molar-refractivity contribution is 6.36. The van der Waals surface area contributed by atoms with E-state index in [2.05, 4.69) is 58.2 Å². The van der Waals surface area contributed by atoms with E-state index in [4.69, 9.17) is 17.3 Å². The second-order valence-corrected chi connectivity index (χ2v) is 13.6. The number of fused-ring (bicyclic) bond motifs is 2. The lowest BCUT2D eigenvalue weighted by molar-refractivity contribution is -0.123. The maximum Gasteiger partial charge on any atom is 0.262 e. The van der Waals surface area contributed by atoms with Gasteiger partial charge in [-0.3, -0.25) is 18.8 Å². The smallest absolute Gasteiger partial charge is 0.262 e. The second kappa shape index (κ2) is 14.2. The van der Waals surface area contributed by atoms with Gasteiger partial charge in [0, 0.05) is 60.7 Å². The van der Waals surface area contributed by atoms with Crippen LogP contribution >= 0.6 is 11.6 Å². The van der Waals surface area contributed by atoms with Crippen LogP contribution in [0.3, 0.4) is 0 Å². The first-order valence-electron chi connectivity index (χ1n) is 16.9. The number of amides is 2. The molecular weight excluding hydrogens is 652 g/mol. The van der Waals surface area contributed by atoms with Gasteiger partial charge in [0.05, 0.1) is 11.6 Å². The van der Waals surface area contributed by atoms with Gasteiger partial charge >= 0.3 is 0 Å². The van der Waals surface area contributed by atoms with E-state index in [9.17, 15) is 19.5 Å². The summed E-state index contributed by atoms with van der Waals surface area (Å²) in [6.45, 7) is 2.66. The standard InChI is InChI=1S/C39H39ClN6O4/c1-22-30(25-12-13-46-35(17-25)43-19-27(39(46)50)18-42-20-28-10-11-36(48)44-28)4-2-5-31(22)33-7-3-6-32(37(33)40)24-9-8-23-15-29(16-26(23)14-24)45-38(49)34(41)21-47/h2-9,12-14,17,19,28-29,34,42,47H,10-11,15-16,18,20-21,41H2,1H3,(H,44,48)(H,45,49)/t28-,29+,34?/m0/s1. The number of nitrogens with zero attached hydrogens (tertiary/aromatic N) is 2. The first-order valence-corrected chi connectivity index (χ1v) is 17.3. The van der Waals surface area contributed by atoms with E-state index in [0.29, 0.717) is 48.6 Å². The minimum absolute atomic E-state index is 0.0684. The van der Waals surface area contributed by atoms with Crippen LogP contribution in [0.4, 0.5) is 0 Å². The first kappa shape index (κ1) is 33.6. The summed E-state index contributed by atoms with van der Waals surface area (Å²) >= 11 is 7.17. The monoisotopic (exact) mass is 690 g/mol. The molecule has 1 aliphatic heterocycles. The summed E-state index contributed by atoms with van der Waals surface area (Å²) < 4.78 is 1.56. The summed E-state index contributed by atoms with van der Waals surface area (Å²) in [4.78, 5) is 41.6. The number of hydrogen-bond acceptors (Lipinski definition) is 7. The van der Waals surface area contributed by atoms with Crippen molar-refractivity contribution in [3.8, 4) is 33.4 Å². The minimum atomic E-state index is -0.929. The zero-order valence-electron chi connectivity index (χ0n) is 27.7. The summed E-state index contributed by atoms with van der Waals surface area (Å²) in [5.74, 6) is -0.280. The molecule has 2 aromatic heterocycles. The van der Waals surface area contributed by atoms with Gasteiger partial charge in [-0.15, -0.1) is 0 Å². The van der Waals surface area contributed by atoms with Crippen LogP contribution in [0.15, 0.2) is 83.9 Å². The average Bonchev–Trinajstić information content (AvgIpc) is 3.73. The summed E-state index contributed by atoms with van der Waals surface area (Å²) in [5, 5.41) is 19.0. The quantitative estimate of drug-likeness (QED) is 0.149. The van der Waals surface area contributed by atoms with Gasteiger partial charge in [0.25, 0.3) is 5.56 Å². The van der Waals surface area contributed by atoms with Crippen LogP contribution in [0.1, 0.15) is 35.1 Å². The molecule has 3 heterocycles. The van der Waals surface area contributed by atoms with Crippen molar-refractivity contribution in [1.82, 2.24) is 25.3 Å². The molecule has 1 saturated heterocycles. The Morgan fingerprint density at radius 3 is 2.54 bits per heavy atom. The summed E-state index contributed by atoms with van der Waals surface area (Å²) in [6.07, 6.45) is 6.12. The molecule has 2 aliphatic rings. The van der Waals surface area contributed by atoms with Gasteiger partial charge in [-0.1, -0.05) is 66.2 Å². The topological polar surface area (TPSA) is 151 Å². The number of pyridine rings is 1. The van der Waals surface area contributed by atoms with Crippen LogP contribution in [0, 0.1) is 6.92 Å². The second-order valence-electron chi connectivity index (χ2n) is 13.2. The molecule has 0 saturated carbocycles. The fourth-order valence-electron chi connectivity index (χ4n) is 7.10. The lowest BCUT2D eigenvalue weighted by atomic mass is 9.91. The Morgan fingerprint density at radius 1 is 1.02 bits per heavy atom. The maximum absolute atomic E-state index is 13.3.